The molecule has 2 rings (SSSR count). The predicted molar refractivity (Wildman–Crippen MR) is 61.4 cm³/mol. The zero-order valence-corrected chi connectivity index (χ0v) is 9.40. The predicted octanol–water partition coefficient (Wildman–Crippen LogP) is 3.20. The Bertz CT molecular complexity index is 298. The normalized spacial score (nSPS) is 18.0. The average molecular weight is 192 g/mol. The van der Waals surface area contributed by atoms with Crippen LogP contribution in [0.15, 0.2) is 18.2 Å². The lowest BCUT2D eigenvalue weighted by Crippen LogP contribution is -2.06. The van der Waals surface area contributed by atoms with Crippen molar-refractivity contribution >= 4 is 13.2 Å². The molecule has 13 heavy (non-hydrogen) atoms. The van der Waals surface area contributed by atoms with Gasteiger partial charge in [-0.2, -0.15) is 0 Å². The highest BCUT2D eigenvalue weighted by Gasteiger charge is 2.17. The Labute approximate surface area is 82.1 Å². The molecule has 0 N–H and O–H groups in total. The molecule has 1 aliphatic heterocycles. The van der Waals surface area contributed by atoms with E-state index in [-0.39, 0.29) is 7.92 Å². The molecule has 0 bridgehead atoms. The molecule has 0 atom stereocenters. The summed E-state index contributed by atoms with van der Waals surface area (Å²) in [5.74, 6) is 0. The maximum atomic E-state index is 2.41. The highest BCUT2D eigenvalue weighted by molar-refractivity contribution is 7.66. The van der Waals surface area contributed by atoms with Crippen LogP contribution in [0.3, 0.4) is 0 Å². The summed E-state index contributed by atoms with van der Waals surface area (Å²) in [6, 6.07) is 6.92. The lowest BCUT2D eigenvalue weighted by Gasteiger charge is -2.14. The minimum atomic E-state index is 0.223. The molecule has 70 valence electrons. The van der Waals surface area contributed by atoms with Gasteiger partial charge in [0.05, 0.1) is 0 Å². The van der Waals surface area contributed by atoms with E-state index in [1.54, 1.807) is 5.30 Å². The van der Waals surface area contributed by atoms with E-state index in [4.69, 9.17) is 0 Å². The first-order chi connectivity index (χ1) is 6.27. The number of benzene rings is 1. The van der Waals surface area contributed by atoms with E-state index in [1.807, 2.05) is 0 Å². The maximum absolute atomic E-state index is 2.41. The molecule has 0 radical (unpaired) electrons. The summed E-state index contributed by atoms with van der Waals surface area (Å²) in [5.41, 5.74) is 2.94. The van der Waals surface area contributed by atoms with E-state index in [2.05, 4.69) is 32.0 Å². The fourth-order valence-corrected chi connectivity index (χ4v) is 4.89. The quantitative estimate of drug-likeness (QED) is 0.599. The zero-order valence-electron chi connectivity index (χ0n) is 8.51. The summed E-state index contributed by atoms with van der Waals surface area (Å²) >= 11 is 0. The molecule has 1 aromatic rings. The first kappa shape index (κ1) is 9.21. The molecule has 1 saturated heterocycles. The van der Waals surface area contributed by atoms with E-state index in [0.29, 0.717) is 0 Å². The van der Waals surface area contributed by atoms with Gasteiger partial charge in [0.1, 0.15) is 0 Å². The summed E-state index contributed by atoms with van der Waals surface area (Å²) in [7, 11) is 0.223. The van der Waals surface area contributed by atoms with Crippen LogP contribution in [0, 0.1) is 13.8 Å². The number of aryl methyl sites for hydroxylation is 2. The molecule has 0 unspecified atom stereocenters. The minimum absolute atomic E-state index is 0.223. The number of hydrogen-bond donors (Lipinski definition) is 0. The number of hydrogen-bond acceptors (Lipinski definition) is 0. The van der Waals surface area contributed by atoms with Crippen LogP contribution in [-0.4, -0.2) is 12.3 Å². The highest BCUT2D eigenvalue weighted by atomic mass is 31.1. The molecule has 1 aromatic carbocycles. The Kier molecular flexibility index (Phi) is 2.69. The molecule has 0 amide bonds. The summed E-state index contributed by atoms with van der Waals surface area (Å²) < 4.78 is 0. The lowest BCUT2D eigenvalue weighted by molar-refractivity contribution is 0.949. The monoisotopic (exact) mass is 192 g/mol. The van der Waals surface area contributed by atoms with Crippen LogP contribution in [0.4, 0.5) is 0 Å². The van der Waals surface area contributed by atoms with Crippen LogP contribution >= 0.6 is 7.92 Å². The minimum Gasteiger partial charge on any atom is -0.0750 e. The molecule has 1 fully saturated rings. The van der Waals surface area contributed by atoms with E-state index >= 15 is 0 Å². The Morgan fingerprint density at radius 2 is 1.77 bits per heavy atom. The summed E-state index contributed by atoms with van der Waals surface area (Å²) in [6.07, 6.45) is 5.86. The third kappa shape index (κ3) is 1.94. The largest absolute Gasteiger partial charge is 0.0750 e. The van der Waals surface area contributed by atoms with Gasteiger partial charge in [0, 0.05) is 0 Å². The second kappa shape index (κ2) is 3.80. The Morgan fingerprint density at radius 1 is 1.08 bits per heavy atom. The van der Waals surface area contributed by atoms with Crippen LogP contribution in [0.25, 0.3) is 0 Å². The second-order valence-corrected chi connectivity index (χ2v) is 6.44. The van der Waals surface area contributed by atoms with Gasteiger partial charge in [0.2, 0.25) is 0 Å². The molecule has 0 spiro atoms. The van der Waals surface area contributed by atoms with Crippen molar-refractivity contribution in [1.29, 1.82) is 0 Å². The SMILES string of the molecule is Cc1ccc(C)c(P2CCCC2)c1. The molecule has 1 heteroatoms. The van der Waals surface area contributed by atoms with E-state index in [0.717, 1.165) is 0 Å². The fourth-order valence-electron chi connectivity index (χ4n) is 2.02. The van der Waals surface area contributed by atoms with Crippen molar-refractivity contribution in [2.24, 2.45) is 0 Å². The van der Waals surface area contributed by atoms with Crippen LogP contribution in [0.2, 0.25) is 0 Å². The van der Waals surface area contributed by atoms with Crippen molar-refractivity contribution < 1.29 is 0 Å². The molecule has 1 aliphatic rings. The first-order valence-electron chi connectivity index (χ1n) is 5.09. The van der Waals surface area contributed by atoms with Gasteiger partial charge < -0.3 is 0 Å². The summed E-state index contributed by atoms with van der Waals surface area (Å²) in [6.45, 7) is 4.46. The molecule has 0 nitrogen and oxygen atoms in total. The third-order valence-electron chi connectivity index (χ3n) is 2.81. The van der Waals surface area contributed by atoms with Crippen molar-refractivity contribution in [2.45, 2.75) is 26.7 Å². The van der Waals surface area contributed by atoms with Gasteiger partial charge in [-0.25, -0.2) is 0 Å². The summed E-state index contributed by atoms with van der Waals surface area (Å²) in [5, 5.41) is 1.67. The number of rotatable bonds is 1. The van der Waals surface area contributed by atoms with Crippen molar-refractivity contribution in [3.05, 3.63) is 29.3 Å². The van der Waals surface area contributed by atoms with Gasteiger partial charge >= 0.3 is 0 Å². The molecular weight excluding hydrogens is 175 g/mol. The maximum Gasteiger partial charge on any atom is -0.0209 e. The van der Waals surface area contributed by atoms with Gasteiger partial charge in [-0.3, -0.25) is 0 Å². The molecule has 0 saturated carbocycles. The molecular formula is C12H17P. The standard InChI is InChI=1S/C12H17P/c1-10-5-6-11(2)12(9-10)13-7-3-4-8-13/h5-6,9H,3-4,7-8H2,1-2H3. The molecule has 0 aromatic heterocycles. The van der Waals surface area contributed by atoms with E-state index in [1.165, 1.54) is 36.3 Å². The Balaban J connectivity index is 2.32. The van der Waals surface area contributed by atoms with Crippen molar-refractivity contribution in [2.75, 3.05) is 12.3 Å². The average Bonchev–Trinajstić information content (AvgIpc) is 2.61. The molecule has 0 aliphatic carbocycles. The second-order valence-electron chi connectivity index (χ2n) is 3.98. The van der Waals surface area contributed by atoms with Gasteiger partial charge in [-0.1, -0.05) is 31.7 Å². The van der Waals surface area contributed by atoms with Crippen LogP contribution in [0.1, 0.15) is 24.0 Å². The zero-order chi connectivity index (χ0) is 9.26. The lowest BCUT2D eigenvalue weighted by atomic mass is 10.2. The smallest absolute Gasteiger partial charge is 0.0209 e. The van der Waals surface area contributed by atoms with Crippen molar-refractivity contribution in [1.82, 2.24) is 0 Å². The highest BCUT2D eigenvalue weighted by Crippen LogP contribution is 2.42. The molecule has 1 heterocycles. The van der Waals surface area contributed by atoms with Crippen molar-refractivity contribution in [3.63, 3.8) is 0 Å². The van der Waals surface area contributed by atoms with E-state index < -0.39 is 0 Å². The van der Waals surface area contributed by atoms with Gasteiger partial charge in [-0.05, 0) is 49.9 Å². The van der Waals surface area contributed by atoms with Crippen LogP contribution < -0.4 is 5.30 Å². The Hall–Kier alpha value is -0.350. The topological polar surface area (TPSA) is 0 Å². The first-order valence-corrected chi connectivity index (χ1v) is 6.81. The van der Waals surface area contributed by atoms with Crippen LogP contribution in [-0.2, 0) is 0 Å². The van der Waals surface area contributed by atoms with Crippen molar-refractivity contribution in [3.8, 4) is 0 Å². The van der Waals surface area contributed by atoms with Gasteiger partial charge in [0.15, 0.2) is 0 Å². The Morgan fingerprint density at radius 3 is 2.46 bits per heavy atom. The third-order valence-corrected chi connectivity index (χ3v) is 5.69. The van der Waals surface area contributed by atoms with Gasteiger partial charge in [-0.15, -0.1) is 0 Å². The fraction of sp³-hybridized carbons (Fsp3) is 0.500. The van der Waals surface area contributed by atoms with Gasteiger partial charge in [0.25, 0.3) is 0 Å². The summed E-state index contributed by atoms with van der Waals surface area (Å²) in [4.78, 5) is 0. The van der Waals surface area contributed by atoms with E-state index in [9.17, 15) is 0 Å². The van der Waals surface area contributed by atoms with Crippen LogP contribution in [0.5, 0.6) is 0 Å².